The Bertz CT molecular complexity index is 632. The number of hydrogen-bond acceptors (Lipinski definition) is 3. The molecule has 0 radical (unpaired) electrons. The van der Waals surface area contributed by atoms with E-state index in [0.717, 1.165) is 0 Å². The van der Waals surface area contributed by atoms with E-state index in [9.17, 15) is 4.79 Å². The van der Waals surface area contributed by atoms with Crippen LogP contribution >= 0.6 is 34.5 Å². The summed E-state index contributed by atoms with van der Waals surface area (Å²) in [5, 5.41) is 10.4. The number of benzene rings is 1. The molecule has 22 heavy (non-hydrogen) atoms. The van der Waals surface area contributed by atoms with Gasteiger partial charge >= 0.3 is 6.03 Å². The molecule has 0 saturated carbocycles. The number of carbonyl (C=O) groups is 1. The zero-order chi connectivity index (χ0) is 16.1. The van der Waals surface area contributed by atoms with Crippen LogP contribution in [0.2, 0.25) is 10.0 Å². The lowest BCUT2D eigenvalue weighted by Crippen LogP contribution is -2.36. The van der Waals surface area contributed by atoms with Crippen molar-refractivity contribution in [3.05, 3.63) is 50.6 Å². The van der Waals surface area contributed by atoms with Gasteiger partial charge in [0.15, 0.2) is 0 Å². The Labute approximate surface area is 144 Å². The Balaban J connectivity index is 1.96. The Morgan fingerprint density at radius 1 is 1.32 bits per heavy atom. The summed E-state index contributed by atoms with van der Waals surface area (Å²) in [7, 11) is 3.96. The lowest BCUT2D eigenvalue weighted by molar-refractivity contribution is 0.243. The van der Waals surface area contributed by atoms with Crippen LogP contribution in [0.25, 0.3) is 0 Å². The maximum atomic E-state index is 12.0. The van der Waals surface area contributed by atoms with Crippen LogP contribution in [0.3, 0.4) is 0 Å². The second-order valence-electron chi connectivity index (χ2n) is 4.97. The third-order valence-electron chi connectivity index (χ3n) is 3.21. The molecule has 2 rings (SSSR count). The third-order valence-corrected chi connectivity index (χ3v) is 4.73. The van der Waals surface area contributed by atoms with E-state index in [4.69, 9.17) is 23.2 Å². The molecule has 1 aromatic carbocycles. The molecule has 0 saturated heterocycles. The summed E-state index contributed by atoms with van der Waals surface area (Å²) in [5.41, 5.74) is 1.67. The zero-order valence-electron chi connectivity index (χ0n) is 12.3. The summed E-state index contributed by atoms with van der Waals surface area (Å²) in [6, 6.07) is 6.97. The molecule has 2 aromatic rings. The SMILES string of the molecule is CN(C)C(CNC(=O)Nc1cccc(Cl)c1Cl)c1ccsc1. The fourth-order valence-corrected chi connectivity index (χ4v) is 3.07. The molecule has 0 bridgehead atoms. The molecule has 1 unspecified atom stereocenters. The quantitative estimate of drug-likeness (QED) is 0.828. The number of thiophene rings is 1. The van der Waals surface area contributed by atoms with Crippen LogP contribution in [-0.4, -0.2) is 31.6 Å². The van der Waals surface area contributed by atoms with Gasteiger partial charge in [-0.3, -0.25) is 0 Å². The number of amides is 2. The second kappa shape index (κ2) is 7.83. The van der Waals surface area contributed by atoms with Crippen LogP contribution in [0.5, 0.6) is 0 Å². The van der Waals surface area contributed by atoms with E-state index in [-0.39, 0.29) is 12.1 Å². The highest BCUT2D eigenvalue weighted by Gasteiger charge is 2.16. The molecule has 2 amide bonds. The van der Waals surface area contributed by atoms with Gasteiger partial charge in [0.2, 0.25) is 0 Å². The Hall–Kier alpha value is -1.27. The van der Waals surface area contributed by atoms with Crippen molar-refractivity contribution in [2.24, 2.45) is 0 Å². The minimum Gasteiger partial charge on any atom is -0.336 e. The third kappa shape index (κ3) is 4.36. The highest BCUT2D eigenvalue weighted by Crippen LogP contribution is 2.29. The van der Waals surface area contributed by atoms with Crippen molar-refractivity contribution in [2.45, 2.75) is 6.04 Å². The van der Waals surface area contributed by atoms with Crippen molar-refractivity contribution in [1.29, 1.82) is 0 Å². The predicted octanol–water partition coefficient (Wildman–Crippen LogP) is 4.48. The number of likely N-dealkylation sites (N-methyl/N-ethyl adjacent to an activating group) is 1. The number of anilines is 1. The molecule has 118 valence electrons. The van der Waals surface area contributed by atoms with Gasteiger partial charge in [0.05, 0.1) is 21.8 Å². The number of rotatable bonds is 5. The smallest absolute Gasteiger partial charge is 0.319 e. The summed E-state index contributed by atoms with van der Waals surface area (Å²) in [6.45, 7) is 0.494. The number of carbonyl (C=O) groups excluding carboxylic acids is 1. The molecule has 7 heteroatoms. The first kappa shape index (κ1) is 17.1. The maximum Gasteiger partial charge on any atom is 0.319 e. The van der Waals surface area contributed by atoms with Crippen molar-refractivity contribution < 1.29 is 4.79 Å². The van der Waals surface area contributed by atoms with Gasteiger partial charge in [0, 0.05) is 6.54 Å². The van der Waals surface area contributed by atoms with Gasteiger partial charge in [0.25, 0.3) is 0 Å². The maximum absolute atomic E-state index is 12.0. The lowest BCUT2D eigenvalue weighted by Gasteiger charge is -2.24. The van der Waals surface area contributed by atoms with Crippen LogP contribution in [0.1, 0.15) is 11.6 Å². The largest absolute Gasteiger partial charge is 0.336 e. The van der Waals surface area contributed by atoms with E-state index in [0.29, 0.717) is 22.3 Å². The lowest BCUT2D eigenvalue weighted by atomic mass is 10.1. The molecule has 0 aliphatic heterocycles. The number of hydrogen-bond donors (Lipinski definition) is 2. The molecular formula is C15H17Cl2N3OS. The average Bonchev–Trinajstić information content (AvgIpc) is 2.98. The van der Waals surface area contributed by atoms with Crippen molar-refractivity contribution in [2.75, 3.05) is 26.0 Å². The standard InChI is InChI=1S/C15H17Cl2N3OS/c1-20(2)13(10-6-7-22-9-10)8-18-15(21)19-12-5-3-4-11(16)14(12)17/h3-7,9,13H,8H2,1-2H3,(H2,18,19,21). The summed E-state index contributed by atoms with van der Waals surface area (Å²) in [5.74, 6) is 0. The molecule has 1 atom stereocenters. The van der Waals surface area contributed by atoms with Crippen LogP contribution in [-0.2, 0) is 0 Å². The van der Waals surface area contributed by atoms with Gasteiger partial charge in [-0.2, -0.15) is 11.3 Å². The molecule has 4 nitrogen and oxygen atoms in total. The first-order chi connectivity index (χ1) is 10.5. The minimum absolute atomic E-state index is 0.117. The monoisotopic (exact) mass is 357 g/mol. The normalized spacial score (nSPS) is 12.2. The molecule has 1 aromatic heterocycles. The molecule has 0 aliphatic rings. The Kier molecular flexibility index (Phi) is 6.08. The second-order valence-corrected chi connectivity index (χ2v) is 6.54. The van der Waals surface area contributed by atoms with Gasteiger partial charge in [-0.05, 0) is 48.6 Å². The van der Waals surface area contributed by atoms with Crippen molar-refractivity contribution >= 4 is 46.3 Å². The van der Waals surface area contributed by atoms with Gasteiger partial charge in [-0.1, -0.05) is 29.3 Å². The molecule has 1 heterocycles. The van der Waals surface area contributed by atoms with Crippen molar-refractivity contribution in [3.8, 4) is 0 Å². The van der Waals surface area contributed by atoms with E-state index in [1.54, 1.807) is 29.5 Å². The van der Waals surface area contributed by atoms with Crippen LogP contribution < -0.4 is 10.6 Å². The van der Waals surface area contributed by atoms with Gasteiger partial charge in [-0.25, -0.2) is 4.79 Å². The first-order valence-electron chi connectivity index (χ1n) is 6.66. The fourth-order valence-electron chi connectivity index (χ4n) is 2.02. The Morgan fingerprint density at radius 3 is 2.73 bits per heavy atom. The van der Waals surface area contributed by atoms with E-state index < -0.39 is 0 Å². The number of halogens is 2. The van der Waals surface area contributed by atoms with E-state index in [1.165, 1.54) is 5.56 Å². The van der Waals surface area contributed by atoms with Crippen molar-refractivity contribution in [3.63, 3.8) is 0 Å². The molecule has 0 spiro atoms. The highest BCUT2D eigenvalue weighted by atomic mass is 35.5. The minimum atomic E-state index is -0.314. The van der Waals surface area contributed by atoms with Gasteiger partial charge in [-0.15, -0.1) is 0 Å². The molecule has 0 fully saturated rings. The summed E-state index contributed by atoms with van der Waals surface area (Å²) in [6.07, 6.45) is 0. The van der Waals surface area contributed by atoms with E-state index in [1.807, 2.05) is 19.5 Å². The van der Waals surface area contributed by atoms with E-state index >= 15 is 0 Å². The number of nitrogens with zero attached hydrogens (tertiary/aromatic N) is 1. The molecule has 2 N–H and O–H groups in total. The predicted molar refractivity (Wildman–Crippen MR) is 94.2 cm³/mol. The summed E-state index contributed by atoms with van der Waals surface area (Å²) in [4.78, 5) is 14.1. The van der Waals surface area contributed by atoms with Gasteiger partial charge < -0.3 is 15.5 Å². The van der Waals surface area contributed by atoms with Gasteiger partial charge in [0.1, 0.15) is 0 Å². The van der Waals surface area contributed by atoms with E-state index in [2.05, 4.69) is 27.0 Å². The topological polar surface area (TPSA) is 44.4 Å². The fraction of sp³-hybridized carbons (Fsp3) is 0.267. The first-order valence-corrected chi connectivity index (χ1v) is 8.36. The number of urea groups is 1. The average molecular weight is 358 g/mol. The Morgan fingerprint density at radius 2 is 2.09 bits per heavy atom. The molecule has 0 aliphatic carbocycles. The highest BCUT2D eigenvalue weighted by molar-refractivity contribution is 7.07. The van der Waals surface area contributed by atoms with Crippen LogP contribution in [0.4, 0.5) is 10.5 Å². The van der Waals surface area contributed by atoms with Crippen molar-refractivity contribution in [1.82, 2.24) is 10.2 Å². The van der Waals surface area contributed by atoms with Crippen LogP contribution in [0, 0.1) is 0 Å². The molecular weight excluding hydrogens is 341 g/mol. The summed E-state index contributed by atoms with van der Waals surface area (Å²) < 4.78 is 0. The summed E-state index contributed by atoms with van der Waals surface area (Å²) >= 11 is 13.6. The zero-order valence-corrected chi connectivity index (χ0v) is 14.6. The van der Waals surface area contributed by atoms with Crippen LogP contribution in [0.15, 0.2) is 35.0 Å². The number of nitrogens with one attached hydrogen (secondary N) is 2.